The van der Waals surface area contributed by atoms with E-state index in [1.165, 1.54) is 12.8 Å². The topological polar surface area (TPSA) is 55.1 Å². The van der Waals surface area contributed by atoms with Crippen molar-refractivity contribution >= 4 is 5.91 Å². The predicted molar refractivity (Wildman–Crippen MR) is 78.6 cm³/mol. The molecule has 0 saturated heterocycles. The summed E-state index contributed by atoms with van der Waals surface area (Å²) in [4.78, 5) is 12.3. The smallest absolute Gasteiger partial charge is 0.224 e. The summed E-state index contributed by atoms with van der Waals surface area (Å²) in [6.07, 6.45) is 5.50. The predicted octanol–water partition coefficient (Wildman–Crippen LogP) is 2.69. The van der Waals surface area contributed by atoms with Crippen LogP contribution in [0.25, 0.3) is 0 Å². The van der Waals surface area contributed by atoms with E-state index in [0.717, 1.165) is 25.8 Å². The first-order valence-electron chi connectivity index (χ1n) is 7.82. The summed E-state index contributed by atoms with van der Waals surface area (Å²) in [5.74, 6) is 0.811. The van der Waals surface area contributed by atoms with Crippen LogP contribution in [0.5, 0.6) is 0 Å². The molecule has 0 heterocycles. The molecule has 0 aromatic carbocycles. The molecule has 2 saturated carbocycles. The number of amides is 1. The number of hydrogen-bond donors (Lipinski definition) is 2. The maximum absolute atomic E-state index is 12.3. The molecule has 0 radical (unpaired) electrons. The number of nitrogens with one attached hydrogen (secondary N) is 1. The van der Waals surface area contributed by atoms with Crippen molar-refractivity contribution in [2.75, 3.05) is 6.54 Å². The molecule has 3 heteroatoms. The number of carbonyl (C=O) groups excluding carboxylic acids is 1. The molecule has 1 amide bonds. The third-order valence-corrected chi connectivity index (χ3v) is 6.21. The first-order valence-corrected chi connectivity index (χ1v) is 7.82. The van der Waals surface area contributed by atoms with E-state index >= 15 is 0 Å². The van der Waals surface area contributed by atoms with Crippen molar-refractivity contribution in [1.82, 2.24) is 5.32 Å². The van der Waals surface area contributed by atoms with Gasteiger partial charge in [0.05, 0.1) is 5.92 Å². The first kappa shape index (κ1) is 14.8. The Kier molecular flexibility index (Phi) is 3.97. The number of carbonyl (C=O) groups is 1. The van der Waals surface area contributed by atoms with E-state index in [0.29, 0.717) is 16.7 Å². The van der Waals surface area contributed by atoms with Gasteiger partial charge >= 0.3 is 0 Å². The Hall–Kier alpha value is -0.570. The lowest BCUT2D eigenvalue weighted by atomic mass is 9.94. The Morgan fingerprint density at radius 3 is 2.26 bits per heavy atom. The van der Waals surface area contributed by atoms with Gasteiger partial charge in [-0.05, 0) is 29.6 Å². The Bertz CT molecular complexity index is 335. The molecule has 2 fully saturated rings. The lowest BCUT2D eigenvalue weighted by Crippen LogP contribution is -2.42. The summed E-state index contributed by atoms with van der Waals surface area (Å²) in [5.41, 5.74) is 6.83. The maximum Gasteiger partial charge on any atom is 0.224 e. The monoisotopic (exact) mass is 266 g/mol. The van der Waals surface area contributed by atoms with Crippen LogP contribution in [0.4, 0.5) is 0 Å². The third kappa shape index (κ3) is 2.67. The third-order valence-electron chi connectivity index (χ3n) is 6.21. The van der Waals surface area contributed by atoms with Crippen molar-refractivity contribution in [3.63, 3.8) is 0 Å². The van der Waals surface area contributed by atoms with Crippen molar-refractivity contribution in [3.8, 4) is 0 Å². The Morgan fingerprint density at radius 1 is 1.11 bits per heavy atom. The zero-order chi connectivity index (χ0) is 14.3. The van der Waals surface area contributed by atoms with Crippen LogP contribution in [0, 0.1) is 22.7 Å². The molecule has 0 aromatic rings. The largest absolute Gasteiger partial charge is 0.355 e. The minimum Gasteiger partial charge on any atom is -0.355 e. The Labute approximate surface area is 117 Å². The molecule has 0 bridgehead atoms. The van der Waals surface area contributed by atoms with E-state index in [2.05, 4.69) is 33.0 Å². The van der Waals surface area contributed by atoms with Crippen molar-refractivity contribution in [1.29, 1.82) is 0 Å². The molecular formula is C16H30N2O. The normalized spacial score (nSPS) is 33.5. The molecule has 0 aliphatic heterocycles. The van der Waals surface area contributed by atoms with E-state index in [4.69, 9.17) is 5.73 Å². The van der Waals surface area contributed by atoms with Crippen molar-refractivity contribution in [3.05, 3.63) is 0 Å². The van der Waals surface area contributed by atoms with Crippen LogP contribution in [-0.2, 0) is 4.79 Å². The van der Waals surface area contributed by atoms with Crippen LogP contribution in [0.3, 0.4) is 0 Å². The second-order valence-corrected chi connectivity index (χ2v) is 7.65. The fourth-order valence-electron chi connectivity index (χ4n) is 3.84. The van der Waals surface area contributed by atoms with E-state index in [9.17, 15) is 4.79 Å². The fraction of sp³-hybridized carbons (Fsp3) is 0.938. The molecule has 0 spiro atoms. The first-order chi connectivity index (χ1) is 8.78. The quantitative estimate of drug-likeness (QED) is 0.772. The average Bonchev–Trinajstić information content (AvgIpc) is 2.82. The van der Waals surface area contributed by atoms with Gasteiger partial charge in [-0.2, -0.15) is 0 Å². The molecule has 2 rings (SSSR count). The second kappa shape index (κ2) is 5.08. The average molecular weight is 266 g/mol. The number of hydrogen-bond acceptors (Lipinski definition) is 2. The highest BCUT2D eigenvalue weighted by Gasteiger charge is 2.64. The summed E-state index contributed by atoms with van der Waals surface area (Å²) < 4.78 is 0. The van der Waals surface area contributed by atoms with E-state index in [-0.39, 0.29) is 17.9 Å². The van der Waals surface area contributed by atoms with Crippen molar-refractivity contribution in [2.45, 2.75) is 65.8 Å². The molecule has 2 unspecified atom stereocenters. The maximum atomic E-state index is 12.3. The van der Waals surface area contributed by atoms with Crippen LogP contribution < -0.4 is 11.1 Å². The summed E-state index contributed by atoms with van der Waals surface area (Å²) in [7, 11) is 0. The van der Waals surface area contributed by atoms with Crippen LogP contribution in [0.2, 0.25) is 0 Å². The van der Waals surface area contributed by atoms with Gasteiger partial charge in [-0.3, -0.25) is 4.79 Å². The molecule has 2 aliphatic carbocycles. The highest BCUT2D eigenvalue weighted by molar-refractivity contribution is 5.79. The summed E-state index contributed by atoms with van der Waals surface area (Å²) in [6.45, 7) is 9.98. The summed E-state index contributed by atoms with van der Waals surface area (Å²) >= 11 is 0. The lowest BCUT2D eigenvalue weighted by Gasteiger charge is -2.20. The highest BCUT2D eigenvalue weighted by Crippen LogP contribution is 2.67. The van der Waals surface area contributed by atoms with Gasteiger partial charge in [0.2, 0.25) is 5.91 Å². The Balaban J connectivity index is 1.85. The van der Waals surface area contributed by atoms with Crippen molar-refractivity contribution in [2.24, 2.45) is 28.4 Å². The standard InChI is InChI=1S/C16H30N2O/c1-15(2)13(16(15,3)4)10-18-14(19)11-8-6-5-7-9-12(11)17/h11-13H,5-10,17H2,1-4H3,(H,18,19). The zero-order valence-corrected chi connectivity index (χ0v) is 13.0. The van der Waals surface area contributed by atoms with Crippen LogP contribution in [0.1, 0.15) is 59.8 Å². The molecule has 3 nitrogen and oxygen atoms in total. The second-order valence-electron chi connectivity index (χ2n) is 7.65. The SMILES string of the molecule is CC1(C)C(CNC(=O)C2CCCCCC2N)C1(C)C. The molecule has 3 N–H and O–H groups in total. The molecule has 110 valence electrons. The van der Waals surface area contributed by atoms with Gasteiger partial charge in [0, 0.05) is 12.6 Å². The number of rotatable bonds is 3. The molecular weight excluding hydrogens is 236 g/mol. The van der Waals surface area contributed by atoms with Gasteiger partial charge in [-0.15, -0.1) is 0 Å². The summed E-state index contributed by atoms with van der Waals surface area (Å²) in [6, 6.07) is 0.0581. The van der Waals surface area contributed by atoms with Gasteiger partial charge in [0.25, 0.3) is 0 Å². The highest BCUT2D eigenvalue weighted by atomic mass is 16.1. The van der Waals surface area contributed by atoms with E-state index in [1.807, 2.05) is 0 Å². The Morgan fingerprint density at radius 2 is 1.68 bits per heavy atom. The van der Waals surface area contributed by atoms with Gasteiger partial charge in [0.15, 0.2) is 0 Å². The van der Waals surface area contributed by atoms with Crippen LogP contribution in [-0.4, -0.2) is 18.5 Å². The molecule has 19 heavy (non-hydrogen) atoms. The van der Waals surface area contributed by atoms with E-state index < -0.39 is 0 Å². The number of nitrogens with two attached hydrogens (primary N) is 1. The van der Waals surface area contributed by atoms with Crippen LogP contribution >= 0.6 is 0 Å². The van der Waals surface area contributed by atoms with Gasteiger partial charge in [-0.1, -0.05) is 47.0 Å². The van der Waals surface area contributed by atoms with Crippen LogP contribution in [0.15, 0.2) is 0 Å². The van der Waals surface area contributed by atoms with Crippen molar-refractivity contribution < 1.29 is 4.79 Å². The summed E-state index contributed by atoms with van der Waals surface area (Å²) in [5, 5.41) is 3.16. The van der Waals surface area contributed by atoms with E-state index in [1.54, 1.807) is 0 Å². The molecule has 2 atom stereocenters. The molecule has 2 aliphatic rings. The van der Waals surface area contributed by atoms with Gasteiger partial charge in [-0.25, -0.2) is 0 Å². The fourth-order valence-corrected chi connectivity index (χ4v) is 3.84. The minimum absolute atomic E-state index is 0.0347. The van der Waals surface area contributed by atoms with Gasteiger partial charge < -0.3 is 11.1 Å². The molecule has 0 aromatic heterocycles. The lowest BCUT2D eigenvalue weighted by molar-refractivity contribution is -0.125. The van der Waals surface area contributed by atoms with Gasteiger partial charge in [0.1, 0.15) is 0 Å². The minimum atomic E-state index is 0.0347. The zero-order valence-electron chi connectivity index (χ0n) is 13.0.